The van der Waals surface area contributed by atoms with E-state index in [1.54, 1.807) is 0 Å². The zero-order chi connectivity index (χ0) is 71.5. The van der Waals surface area contributed by atoms with Crippen molar-refractivity contribution in [2.75, 3.05) is 33.5 Å². The highest BCUT2D eigenvalue weighted by molar-refractivity contribution is 5.72. The number of hydrogen-bond acceptors (Lipinski definition) is 38. The molecule has 4 aliphatic heterocycles. The lowest BCUT2D eigenvalue weighted by Gasteiger charge is -2.52. The van der Waals surface area contributed by atoms with Crippen molar-refractivity contribution in [3.8, 4) is 0 Å². The summed E-state index contributed by atoms with van der Waals surface area (Å²) in [6.45, 7) is 10.1. The summed E-state index contributed by atoms with van der Waals surface area (Å²) in [5.41, 5.74) is 0. The molecule has 0 spiro atoms. The molecule has 0 aliphatic carbocycles. The summed E-state index contributed by atoms with van der Waals surface area (Å²) in [5.74, 6) is -16.3. The second kappa shape index (κ2) is 36.6. The summed E-state index contributed by atoms with van der Waals surface area (Å²) < 4.78 is 135. The molecule has 0 saturated carbocycles. The SMILES string of the molecule is CO[C@H]1O[C@H]([C@H](COC(C)=O)OC(C)=O)[C@@H](O[C@@H]2O[C@H](COC(C)=O)[C@@H](O[C@@H]3O[C@H](COC(C)=O)[C@H](OC(C)=O)[C@H](OC(C)=O)[C@H]3OC(C)=O)[C@H](OC(C)=O)[C@H]2OC(C)=O)[C@H](O[C@H]2O[C@H]([C@H](COC(C)=O)OC(C)=O)[C@@H](OC(C)=O)[C@H](OC(C)=O)[C@@H]2OC(C)=O)[C@@H]1OC(C)=O. The Hall–Kier alpha value is -8.27. The molecule has 0 amide bonds. The van der Waals surface area contributed by atoms with Crippen LogP contribution in [-0.2, 0) is 181 Å². The van der Waals surface area contributed by atoms with Crippen molar-refractivity contribution in [3.63, 3.8) is 0 Å². The second-order valence-electron chi connectivity index (χ2n) is 21.2. The number of carbonyl (C=O) groups excluding carboxylic acids is 15. The first-order valence-corrected chi connectivity index (χ1v) is 28.9. The smallest absolute Gasteiger partial charge is 0.303 e. The fourth-order valence-corrected chi connectivity index (χ4v) is 10.3. The van der Waals surface area contributed by atoms with Gasteiger partial charge in [-0.05, 0) is 0 Å². The minimum atomic E-state index is -2.39. The van der Waals surface area contributed by atoms with E-state index in [-0.39, 0.29) is 0 Å². The molecule has 0 N–H and O–H groups in total. The molecule has 534 valence electrons. The van der Waals surface area contributed by atoms with Crippen LogP contribution in [0.4, 0.5) is 0 Å². The van der Waals surface area contributed by atoms with Crippen LogP contribution in [0.25, 0.3) is 0 Å². The molecule has 0 aromatic heterocycles. The zero-order valence-electron chi connectivity index (χ0n) is 54.5. The van der Waals surface area contributed by atoms with Crippen molar-refractivity contribution in [2.24, 2.45) is 0 Å². The van der Waals surface area contributed by atoms with Gasteiger partial charge in [0.1, 0.15) is 69.2 Å². The van der Waals surface area contributed by atoms with Crippen molar-refractivity contribution in [2.45, 2.75) is 239 Å². The zero-order valence-corrected chi connectivity index (χ0v) is 54.5. The molecule has 95 heavy (non-hydrogen) atoms. The van der Waals surface area contributed by atoms with Crippen LogP contribution in [0.2, 0.25) is 0 Å². The molecule has 0 radical (unpaired) electrons. The molecule has 22 atom stereocenters. The van der Waals surface area contributed by atoms with Gasteiger partial charge in [-0.3, -0.25) is 71.9 Å². The minimum absolute atomic E-state index is 0.792. The Kier molecular flexibility index (Phi) is 30.5. The van der Waals surface area contributed by atoms with Crippen LogP contribution < -0.4 is 0 Å². The van der Waals surface area contributed by atoms with E-state index in [4.69, 9.17) is 109 Å². The Bertz CT molecular complexity index is 2780. The molecule has 0 bridgehead atoms. The van der Waals surface area contributed by atoms with Crippen molar-refractivity contribution in [1.29, 1.82) is 0 Å². The first-order chi connectivity index (χ1) is 44.4. The summed E-state index contributed by atoms with van der Waals surface area (Å²) in [5, 5.41) is 0. The molecule has 4 fully saturated rings. The van der Waals surface area contributed by atoms with Gasteiger partial charge in [0, 0.05) is 111 Å². The molecule has 38 nitrogen and oxygen atoms in total. The normalized spacial score (nSPS) is 30.8. The third-order valence-corrected chi connectivity index (χ3v) is 13.2. The topological polar surface area (TPSA) is 468 Å². The van der Waals surface area contributed by atoms with E-state index >= 15 is 0 Å². The van der Waals surface area contributed by atoms with Gasteiger partial charge in [0.05, 0.1) is 0 Å². The van der Waals surface area contributed by atoms with Gasteiger partial charge in [0.15, 0.2) is 92.3 Å². The lowest BCUT2D eigenvalue weighted by molar-refractivity contribution is -0.398. The van der Waals surface area contributed by atoms with Gasteiger partial charge in [0.25, 0.3) is 0 Å². The fourth-order valence-electron chi connectivity index (χ4n) is 10.3. The molecule has 4 rings (SSSR count). The van der Waals surface area contributed by atoms with E-state index in [2.05, 4.69) is 0 Å². The Balaban J connectivity index is 2.18. The van der Waals surface area contributed by atoms with Crippen LogP contribution in [0.15, 0.2) is 0 Å². The van der Waals surface area contributed by atoms with Crippen LogP contribution in [0.5, 0.6) is 0 Å². The van der Waals surface area contributed by atoms with Gasteiger partial charge in [-0.15, -0.1) is 0 Å². The van der Waals surface area contributed by atoms with Crippen molar-refractivity contribution < 1.29 is 181 Å². The van der Waals surface area contributed by atoms with Crippen molar-refractivity contribution in [3.05, 3.63) is 0 Å². The maximum Gasteiger partial charge on any atom is 0.303 e. The first-order valence-electron chi connectivity index (χ1n) is 28.9. The molecule has 4 aliphatic rings. The molecule has 0 aromatic carbocycles. The highest BCUT2D eigenvalue weighted by Crippen LogP contribution is 2.41. The maximum absolute atomic E-state index is 13.6. The number of ether oxygens (including phenoxy) is 23. The second-order valence-corrected chi connectivity index (χ2v) is 21.2. The van der Waals surface area contributed by atoms with Gasteiger partial charge in [-0.2, -0.15) is 0 Å². The number of rotatable bonds is 28. The summed E-state index contributed by atoms with van der Waals surface area (Å²) >= 11 is 0. The van der Waals surface area contributed by atoms with Gasteiger partial charge in [0.2, 0.25) is 0 Å². The number of carbonyl (C=O) groups is 15. The largest absolute Gasteiger partial charge is 0.463 e. The van der Waals surface area contributed by atoms with Gasteiger partial charge >= 0.3 is 89.5 Å². The molecule has 4 heterocycles. The highest BCUT2D eigenvalue weighted by atomic mass is 16.8. The third kappa shape index (κ3) is 24.2. The first kappa shape index (κ1) is 79.2. The minimum Gasteiger partial charge on any atom is -0.463 e. The number of hydrogen-bond donors (Lipinski definition) is 0. The molecular weight excluding hydrogens is 1290 g/mol. The van der Waals surface area contributed by atoms with Crippen LogP contribution in [0, 0.1) is 0 Å². The Morgan fingerprint density at radius 2 is 0.526 bits per heavy atom. The van der Waals surface area contributed by atoms with Gasteiger partial charge in [-0.1, -0.05) is 0 Å². The summed E-state index contributed by atoms with van der Waals surface area (Å²) in [7, 11) is 1.01. The molecule has 38 heteroatoms. The monoisotopic (exact) mass is 1370 g/mol. The average molecular weight is 1370 g/mol. The average Bonchev–Trinajstić information content (AvgIpc) is 0.762. The molecule has 4 saturated heterocycles. The highest BCUT2D eigenvalue weighted by Gasteiger charge is 2.63. The Morgan fingerprint density at radius 1 is 0.263 bits per heavy atom. The van der Waals surface area contributed by atoms with E-state index < -0.39 is 251 Å². The van der Waals surface area contributed by atoms with Gasteiger partial charge in [-0.25, -0.2) is 0 Å². The molecular formula is C57H78O38. The lowest BCUT2D eigenvalue weighted by Crippen LogP contribution is -2.71. The molecule has 0 aromatic rings. The standard InChI is InChI=1S/C57H78O38/c1-21(58)74-17-36(78-25(5)62)41-44(81-28(8)65)48(84-31(11)68)53(88-35(15)72)57(93-41)95-49-45(42(37(79-26(6)63)18-75-22(2)59)91-54(73-16)50(49)85-32(12)69)94-56-52(87-34(14)71)47(83-30(10)67)43(39(90-56)20-77-24(4)61)92-55-51(86-33(13)70)46(82-29(9)66)40(80-27(7)64)38(89-55)19-76-23(3)60/h36-57H,17-20H2,1-16H3/t36-,37-,38+,39+,40-,41+,42+,43+,44+,45+,46-,47-,48-,49-,50-,51+,52+,53-,54-,55-,56-,57+/m0/s1. The van der Waals surface area contributed by atoms with Gasteiger partial charge < -0.3 is 109 Å². The third-order valence-electron chi connectivity index (χ3n) is 13.2. The van der Waals surface area contributed by atoms with Crippen molar-refractivity contribution in [1.82, 2.24) is 0 Å². The van der Waals surface area contributed by atoms with E-state index in [1.165, 1.54) is 0 Å². The van der Waals surface area contributed by atoms with Crippen LogP contribution in [0.3, 0.4) is 0 Å². The Morgan fingerprint density at radius 3 is 0.874 bits per heavy atom. The maximum atomic E-state index is 13.6. The van der Waals surface area contributed by atoms with E-state index in [9.17, 15) is 71.9 Å². The summed E-state index contributed by atoms with van der Waals surface area (Å²) in [4.78, 5) is 194. The molecule has 0 unspecified atom stereocenters. The Labute approximate surface area is 541 Å². The summed E-state index contributed by atoms with van der Waals surface area (Å²) in [6, 6.07) is 0. The quantitative estimate of drug-likeness (QED) is 0.0615. The number of esters is 15. The van der Waals surface area contributed by atoms with Crippen LogP contribution >= 0.6 is 0 Å². The van der Waals surface area contributed by atoms with Crippen LogP contribution in [0.1, 0.15) is 104 Å². The van der Waals surface area contributed by atoms with Crippen molar-refractivity contribution >= 4 is 89.5 Å². The lowest BCUT2D eigenvalue weighted by atomic mass is 9.92. The number of methoxy groups -OCH3 is 1. The predicted molar refractivity (Wildman–Crippen MR) is 294 cm³/mol. The van der Waals surface area contributed by atoms with E-state index in [0.29, 0.717) is 0 Å². The van der Waals surface area contributed by atoms with E-state index in [1.807, 2.05) is 0 Å². The summed E-state index contributed by atoms with van der Waals surface area (Å²) in [6.07, 6.45) is -45.6. The van der Waals surface area contributed by atoms with E-state index in [0.717, 1.165) is 111 Å². The predicted octanol–water partition coefficient (Wildman–Crippen LogP) is -1.81. The van der Waals surface area contributed by atoms with Crippen LogP contribution in [-0.4, -0.2) is 258 Å². The fraction of sp³-hybridized carbons (Fsp3) is 0.737.